The van der Waals surface area contributed by atoms with Crippen molar-refractivity contribution in [1.82, 2.24) is 14.9 Å². The Morgan fingerprint density at radius 1 is 1.47 bits per heavy atom. The smallest absolute Gasteiger partial charge is 0.125 e. The number of nitrogens with one attached hydrogen (secondary N) is 1. The fourth-order valence-electron chi connectivity index (χ4n) is 1.41. The summed E-state index contributed by atoms with van der Waals surface area (Å²) in [6.45, 7) is 0.711. The van der Waals surface area contributed by atoms with Crippen LogP contribution in [0, 0.1) is 5.82 Å². The van der Waals surface area contributed by atoms with Crippen LogP contribution >= 0.6 is 0 Å². The van der Waals surface area contributed by atoms with Crippen molar-refractivity contribution in [2.45, 2.75) is 6.54 Å². The number of hydrogen-bond acceptors (Lipinski definition) is 2. The topological polar surface area (TPSA) is 29.9 Å². The number of halogens is 1. The molecule has 2 aromatic rings. The Morgan fingerprint density at radius 2 is 2.33 bits per heavy atom. The van der Waals surface area contributed by atoms with Gasteiger partial charge in [-0.2, -0.15) is 0 Å². The van der Waals surface area contributed by atoms with E-state index in [4.69, 9.17) is 0 Å². The highest BCUT2D eigenvalue weighted by molar-refractivity contribution is 5.32. The molecule has 78 valence electrons. The maximum Gasteiger partial charge on any atom is 0.125 e. The average molecular weight is 205 g/mol. The summed E-state index contributed by atoms with van der Waals surface area (Å²) in [5.41, 5.74) is 1.71. The molecule has 4 heteroatoms. The second-order valence-electron chi connectivity index (χ2n) is 3.28. The van der Waals surface area contributed by atoms with Crippen LogP contribution in [0.25, 0.3) is 5.69 Å². The highest BCUT2D eigenvalue weighted by Crippen LogP contribution is 2.10. The number of imidazole rings is 1. The van der Waals surface area contributed by atoms with E-state index in [2.05, 4.69) is 10.3 Å². The number of hydrogen-bond donors (Lipinski definition) is 1. The minimum absolute atomic E-state index is 0.239. The Bertz CT molecular complexity index is 451. The predicted octanol–water partition coefficient (Wildman–Crippen LogP) is 1.73. The molecule has 0 aliphatic heterocycles. The molecule has 0 aliphatic carbocycles. The lowest BCUT2D eigenvalue weighted by atomic mass is 10.3. The van der Waals surface area contributed by atoms with Crippen LogP contribution in [-0.4, -0.2) is 16.6 Å². The van der Waals surface area contributed by atoms with Gasteiger partial charge in [0, 0.05) is 18.4 Å². The molecule has 0 spiro atoms. The van der Waals surface area contributed by atoms with Crippen molar-refractivity contribution in [3.8, 4) is 5.69 Å². The van der Waals surface area contributed by atoms with Gasteiger partial charge >= 0.3 is 0 Å². The van der Waals surface area contributed by atoms with Gasteiger partial charge in [-0.25, -0.2) is 9.37 Å². The molecule has 0 saturated carbocycles. The predicted molar refractivity (Wildman–Crippen MR) is 56.3 cm³/mol. The summed E-state index contributed by atoms with van der Waals surface area (Å²) in [4.78, 5) is 4.19. The molecule has 3 nitrogen and oxygen atoms in total. The third kappa shape index (κ3) is 2.22. The van der Waals surface area contributed by atoms with Crippen LogP contribution in [0.5, 0.6) is 0 Å². The van der Waals surface area contributed by atoms with Crippen LogP contribution < -0.4 is 5.32 Å². The first kappa shape index (κ1) is 9.86. The van der Waals surface area contributed by atoms with Crippen molar-refractivity contribution in [3.63, 3.8) is 0 Å². The Labute approximate surface area is 87.6 Å². The number of benzene rings is 1. The van der Waals surface area contributed by atoms with Crippen LogP contribution in [0.15, 0.2) is 36.8 Å². The van der Waals surface area contributed by atoms with Gasteiger partial charge in [-0.1, -0.05) is 6.07 Å². The second kappa shape index (κ2) is 4.23. The molecule has 0 unspecified atom stereocenters. The molecule has 15 heavy (non-hydrogen) atoms. The Hall–Kier alpha value is -1.68. The molecule has 1 N–H and O–H groups in total. The van der Waals surface area contributed by atoms with Crippen molar-refractivity contribution in [3.05, 3.63) is 48.3 Å². The molecule has 0 atom stereocenters. The standard InChI is InChI=1S/C11H12FN3/c1-13-6-10-7-15(8-14-10)11-4-2-3-9(12)5-11/h2-5,7-8,13H,6H2,1H3. The monoisotopic (exact) mass is 205 g/mol. The highest BCUT2D eigenvalue weighted by atomic mass is 19.1. The minimum Gasteiger partial charge on any atom is -0.314 e. The van der Waals surface area contributed by atoms with E-state index in [9.17, 15) is 4.39 Å². The van der Waals surface area contributed by atoms with E-state index in [1.54, 1.807) is 17.0 Å². The Morgan fingerprint density at radius 3 is 3.07 bits per heavy atom. The fourth-order valence-corrected chi connectivity index (χ4v) is 1.41. The largest absolute Gasteiger partial charge is 0.314 e. The molecule has 1 aromatic carbocycles. The fraction of sp³-hybridized carbons (Fsp3) is 0.182. The molecule has 0 fully saturated rings. The summed E-state index contributed by atoms with van der Waals surface area (Å²) in [5.74, 6) is -0.239. The van der Waals surface area contributed by atoms with Gasteiger partial charge < -0.3 is 9.88 Å². The van der Waals surface area contributed by atoms with Crippen molar-refractivity contribution < 1.29 is 4.39 Å². The third-order valence-corrected chi connectivity index (χ3v) is 2.10. The molecule has 0 amide bonds. The minimum atomic E-state index is -0.239. The van der Waals surface area contributed by atoms with Crippen molar-refractivity contribution in [1.29, 1.82) is 0 Å². The molecule has 2 rings (SSSR count). The van der Waals surface area contributed by atoms with E-state index < -0.39 is 0 Å². The molecule has 0 aliphatic rings. The van der Waals surface area contributed by atoms with Crippen LogP contribution in [-0.2, 0) is 6.54 Å². The summed E-state index contributed by atoms with van der Waals surface area (Å²) in [7, 11) is 1.86. The van der Waals surface area contributed by atoms with Crippen molar-refractivity contribution in [2.75, 3.05) is 7.05 Å². The summed E-state index contributed by atoms with van der Waals surface area (Å²) < 4.78 is 14.8. The summed E-state index contributed by atoms with van der Waals surface area (Å²) >= 11 is 0. The Kier molecular flexibility index (Phi) is 2.78. The number of rotatable bonds is 3. The molecule has 1 aromatic heterocycles. The van der Waals surface area contributed by atoms with Crippen LogP contribution in [0.2, 0.25) is 0 Å². The lowest BCUT2D eigenvalue weighted by Crippen LogP contribution is -2.04. The lowest BCUT2D eigenvalue weighted by Gasteiger charge is -2.00. The molecule has 1 heterocycles. The van der Waals surface area contributed by atoms with E-state index in [1.165, 1.54) is 12.1 Å². The SMILES string of the molecule is CNCc1cn(-c2cccc(F)c2)cn1. The van der Waals surface area contributed by atoms with Gasteiger partial charge in [0.25, 0.3) is 0 Å². The quantitative estimate of drug-likeness (QED) is 0.827. The van der Waals surface area contributed by atoms with Crippen LogP contribution in [0.1, 0.15) is 5.69 Å². The van der Waals surface area contributed by atoms with Gasteiger partial charge in [-0.05, 0) is 25.2 Å². The molecular weight excluding hydrogens is 193 g/mol. The first-order valence-electron chi connectivity index (χ1n) is 4.73. The molecule has 0 bridgehead atoms. The first-order valence-corrected chi connectivity index (χ1v) is 4.73. The zero-order chi connectivity index (χ0) is 10.7. The molecular formula is C11H12FN3. The summed E-state index contributed by atoms with van der Waals surface area (Å²) in [6.07, 6.45) is 3.56. The van der Waals surface area contributed by atoms with Gasteiger partial charge in [-0.3, -0.25) is 0 Å². The van der Waals surface area contributed by atoms with Gasteiger partial charge in [0.2, 0.25) is 0 Å². The third-order valence-electron chi connectivity index (χ3n) is 2.10. The molecule has 0 saturated heterocycles. The summed E-state index contributed by atoms with van der Waals surface area (Å²) in [6, 6.07) is 6.43. The van der Waals surface area contributed by atoms with Gasteiger partial charge in [-0.15, -0.1) is 0 Å². The van der Waals surface area contributed by atoms with E-state index in [0.29, 0.717) is 6.54 Å². The highest BCUT2D eigenvalue weighted by Gasteiger charge is 2.00. The zero-order valence-electron chi connectivity index (χ0n) is 8.44. The normalized spacial score (nSPS) is 10.5. The van der Waals surface area contributed by atoms with Crippen LogP contribution in [0.3, 0.4) is 0 Å². The average Bonchev–Trinajstić information content (AvgIpc) is 2.67. The molecule has 0 radical (unpaired) electrons. The van der Waals surface area contributed by atoms with Gasteiger partial charge in [0.15, 0.2) is 0 Å². The maximum atomic E-state index is 13.0. The van der Waals surface area contributed by atoms with E-state index in [0.717, 1.165) is 11.4 Å². The summed E-state index contributed by atoms with van der Waals surface area (Å²) in [5, 5.41) is 3.01. The van der Waals surface area contributed by atoms with Gasteiger partial charge in [0.1, 0.15) is 5.82 Å². The lowest BCUT2D eigenvalue weighted by molar-refractivity contribution is 0.626. The Balaban J connectivity index is 2.29. The van der Waals surface area contributed by atoms with E-state index in [-0.39, 0.29) is 5.82 Å². The zero-order valence-corrected chi connectivity index (χ0v) is 8.44. The van der Waals surface area contributed by atoms with Gasteiger partial charge in [0.05, 0.1) is 12.0 Å². The van der Waals surface area contributed by atoms with Crippen molar-refractivity contribution >= 4 is 0 Å². The van der Waals surface area contributed by atoms with Crippen LogP contribution in [0.4, 0.5) is 4.39 Å². The number of aromatic nitrogens is 2. The number of nitrogens with zero attached hydrogens (tertiary/aromatic N) is 2. The maximum absolute atomic E-state index is 13.0. The van der Waals surface area contributed by atoms with E-state index >= 15 is 0 Å². The second-order valence-corrected chi connectivity index (χ2v) is 3.28. The first-order chi connectivity index (χ1) is 7.29. The van der Waals surface area contributed by atoms with Crippen molar-refractivity contribution in [2.24, 2.45) is 0 Å². The van der Waals surface area contributed by atoms with E-state index in [1.807, 2.05) is 19.3 Å².